The minimum absolute atomic E-state index is 0.0237. The molecule has 3 rings (SSSR count). The molecule has 1 amide bonds. The van der Waals surface area contributed by atoms with Crippen LogP contribution >= 0.6 is 0 Å². The second-order valence-corrected chi connectivity index (χ2v) is 8.64. The molecule has 0 spiro atoms. The molecule has 1 saturated carbocycles. The number of para-hydroxylation sites is 1. The Hall–Kier alpha value is -2.38. The predicted octanol–water partition coefficient (Wildman–Crippen LogP) is 3.49. The third-order valence-electron chi connectivity index (χ3n) is 4.85. The van der Waals surface area contributed by atoms with Crippen LogP contribution < -0.4 is 14.8 Å². The fourth-order valence-corrected chi connectivity index (χ4v) is 4.64. The van der Waals surface area contributed by atoms with Crippen LogP contribution in [-0.4, -0.2) is 27.0 Å². The molecular weight excluding hydrogens is 376 g/mol. The van der Waals surface area contributed by atoms with Crippen LogP contribution in [0.5, 0.6) is 5.75 Å². The molecule has 0 aliphatic heterocycles. The fourth-order valence-electron chi connectivity index (χ4n) is 3.33. The van der Waals surface area contributed by atoms with Crippen LogP contribution in [0.2, 0.25) is 0 Å². The molecule has 2 aromatic rings. The summed E-state index contributed by atoms with van der Waals surface area (Å²) in [6, 6.07) is 13.8. The zero-order valence-corrected chi connectivity index (χ0v) is 16.8. The third kappa shape index (κ3) is 5.33. The number of hydrogen-bond donors (Lipinski definition) is 2. The van der Waals surface area contributed by atoms with Gasteiger partial charge in [0.1, 0.15) is 5.75 Å². The van der Waals surface area contributed by atoms with Crippen molar-refractivity contribution >= 4 is 21.6 Å². The summed E-state index contributed by atoms with van der Waals surface area (Å²) in [4.78, 5) is 12.3. The van der Waals surface area contributed by atoms with E-state index in [-0.39, 0.29) is 23.5 Å². The standard InChI is InChI=1S/C21H26N2O4S/c1-2-16-7-3-6-10-20(16)22-21(24)15-27-18-11-13-19(14-12-18)28(25,26)23-17-8-4-5-9-17/h3,6-7,10-14,17,23H,2,4-5,8-9,15H2,1H3,(H,22,24). The van der Waals surface area contributed by atoms with Gasteiger partial charge in [0.05, 0.1) is 4.90 Å². The van der Waals surface area contributed by atoms with E-state index in [2.05, 4.69) is 10.0 Å². The summed E-state index contributed by atoms with van der Waals surface area (Å²) >= 11 is 0. The van der Waals surface area contributed by atoms with E-state index in [0.717, 1.165) is 43.4 Å². The Morgan fingerprint density at radius 1 is 1.07 bits per heavy atom. The van der Waals surface area contributed by atoms with Gasteiger partial charge in [-0.2, -0.15) is 0 Å². The number of carbonyl (C=O) groups is 1. The summed E-state index contributed by atoms with van der Waals surface area (Å²) in [5.74, 6) is 0.180. The topological polar surface area (TPSA) is 84.5 Å². The van der Waals surface area contributed by atoms with E-state index >= 15 is 0 Å². The van der Waals surface area contributed by atoms with Crippen LogP contribution in [0.4, 0.5) is 5.69 Å². The largest absolute Gasteiger partial charge is 0.484 e. The molecule has 7 heteroatoms. The van der Waals surface area contributed by atoms with Gasteiger partial charge in [0, 0.05) is 11.7 Å². The number of nitrogens with one attached hydrogen (secondary N) is 2. The number of carbonyl (C=O) groups excluding carboxylic acids is 1. The normalized spacial score (nSPS) is 14.8. The molecule has 28 heavy (non-hydrogen) atoms. The molecule has 1 fully saturated rings. The van der Waals surface area contributed by atoms with Crippen LogP contribution in [0.3, 0.4) is 0 Å². The summed E-state index contributed by atoms with van der Waals surface area (Å²) in [6.07, 6.45) is 4.71. The van der Waals surface area contributed by atoms with Crippen molar-refractivity contribution in [1.82, 2.24) is 4.72 Å². The summed E-state index contributed by atoms with van der Waals surface area (Å²) < 4.78 is 33.1. The maximum absolute atomic E-state index is 12.4. The average molecular weight is 403 g/mol. The number of amides is 1. The first-order valence-corrected chi connectivity index (χ1v) is 11.1. The Bertz CT molecular complexity index is 904. The Kier molecular flexibility index (Phi) is 6.70. The maximum Gasteiger partial charge on any atom is 0.262 e. The van der Waals surface area contributed by atoms with Gasteiger partial charge in [-0.3, -0.25) is 4.79 Å². The second kappa shape index (κ2) is 9.21. The van der Waals surface area contributed by atoms with E-state index in [1.165, 1.54) is 12.1 Å². The van der Waals surface area contributed by atoms with Gasteiger partial charge in [-0.05, 0) is 55.2 Å². The minimum atomic E-state index is -3.52. The Morgan fingerprint density at radius 2 is 1.75 bits per heavy atom. The van der Waals surface area contributed by atoms with Gasteiger partial charge >= 0.3 is 0 Å². The first kappa shape index (κ1) is 20.4. The molecule has 0 saturated heterocycles. The van der Waals surface area contributed by atoms with Crippen LogP contribution in [0, 0.1) is 0 Å². The van der Waals surface area contributed by atoms with Gasteiger partial charge in [-0.25, -0.2) is 13.1 Å². The van der Waals surface area contributed by atoms with E-state index in [1.54, 1.807) is 12.1 Å². The highest BCUT2D eigenvalue weighted by atomic mass is 32.2. The number of hydrogen-bond acceptors (Lipinski definition) is 4. The summed E-state index contributed by atoms with van der Waals surface area (Å²) in [5, 5.41) is 2.84. The van der Waals surface area contributed by atoms with Gasteiger partial charge in [0.25, 0.3) is 5.91 Å². The number of benzene rings is 2. The van der Waals surface area contributed by atoms with E-state index < -0.39 is 10.0 Å². The smallest absolute Gasteiger partial charge is 0.262 e. The lowest BCUT2D eigenvalue weighted by atomic mass is 10.1. The van der Waals surface area contributed by atoms with E-state index in [1.807, 2.05) is 31.2 Å². The van der Waals surface area contributed by atoms with Crippen molar-refractivity contribution in [3.05, 3.63) is 54.1 Å². The van der Waals surface area contributed by atoms with Crippen molar-refractivity contribution in [2.45, 2.75) is 50.0 Å². The zero-order chi connectivity index (χ0) is 20.0. The third-order valence-corrected chi connectivity index (χ3v) is 6.39. The number of rotatable bonds is 8. The monoisotopic (exact) mass is 402 g/mol. The molecule has 6 nitrogen and oxygen atoms in total. The van der Waals surface area contributed by atoms with Gasteiger partial charge < -0.3 is 10.1 Å². The molecule has 0 radical (unpaired) electrons. The molecule has 0 atom stereocenters. The first-order chi connectivity index (χ1) is 13.5. The van der Waals surface area contributed by atoms with Crippen LogP contribution in [0.15, 0.2) is 53.4 Å². The number of anilines is 1. The molecule has 1 aliphatic rings. The number of aryl methyl sites for hydroxylation is 1. The summed E-state index contributed by atoms with van der Waals surface area (Å²) in [7, 11) is -3.52. The van der Waals surface area contributed by atoms with Crippen LogP contribution in [0.1, 0.15) is 38.2 Å². The van der Waals surface area contributed by atoms with Gasteiger partial charge in [0.2, 0.25) is 10.0 Å². The lowest BCUT2D eigenvalue weighted by Crippen LogP contribution is -2.32. The molecule has 0 heterocycles. The SMILES string of the molecule is CCc1ccccc1NC(=O)COc1ccc(S(=O)(=O)NC2CCCC2)cc1. The van der Waals surface area contributed by atoms with Crippen molar-refractivity contribution in [1.29, 1.82) is 0 Å². The van der Waals surface area contributed by atoms with Crippen LogP contribution in [0.25, 0.3) is 0 Å². The molecule has 0 unspecified atom stereocenters. The van der Waals surface area contributed by atoms with Gasteiger partial charge in [-0.1, -0.05) is 38.0 Å². The Labute approximate surface area is 166 Å². The number of sulfonamides is 1. The molecule has 1 aliphatic carbocycles. The van der Waals surface area contributed by atoms with Crippen molar-refractivity contribution in [3.63, 3.8) is 0 Å². The van der Waals surface area contributed by atoms with Crippen molar-refractivity contribution in [2.75, 3.05) is 11.9 Å². The van der Waals surface area contributed by atoms with E-state index in [4.69, 9.17) is 4.74 Å². The van der Waals surface area contributed by atoms with E-state index in [0.29, 0.717) is 5.75 Å². The average Bonchev–Trinajstić information content (AvgIpc) is 3.19. The molecular formula is C21H26N2O4S. The van der Waals surface area contributed by atoms with Gasteiger partial charge in [-0.15, -0.1) is 0 Å². The minimum Gasteiger partial charge on any atom is -0.484 e. The second-order valence-electron chi connectivity index (χ2n) is 6.92. The summed E-state index contributed by atoms with van der Waals surface area (Å²) in [6.45, 7) is 1.88. The van der Waals surface area contributed by atoms with Crippen molar-refractivity contribution < 1.29 is 17.9 Å². The highest BCUT2D eigenvalue weighted by molar-refractivity contribution is 7.89. The first-order valence-electron chi connectivity index (χ1n) is 9.61. The lowest BCUT2D eigenvalue weighted by Gasteiger charge is -2.13. The van der Waals surface area contributed by atoms with Crippen LogP contribution in [-0.2, 0) is 21.2 Å². The Balaban J connectivity index is 1.54. The van der Waals surface area contributed by atoms with E-state index in [9.17, 15) is 13.2 Å². The molecule has 2 aromatic carbocycles. The van der Waals surface area contributed by atoms with Crippen molar-refractivity contribution in [3.8, 4) is 5.75 Å². The summed E-state index contributed by atoms with van der Waals surface area (Å²) in [5.41, 5.74) is 1.83. The van der Waals surface area contributed by atoms with Crippen molar-refractivity contribution in [2.24, 2.45) is 0 Å². The Morgan fingerprint density at radius 3 is 2.43 bits per heavy atom. The molecule has 0 bridgehead atoms. The quantitative estimate of drug-likeness (QED) is 0.708. The highest BCUT2D eigenvalue weighted by Crippen LogP contribution is 2.22. The zero-order valence-electron chi connectivity index (χ0n) is 16.0. The molecule has 2 N–H and O–H groups in total. The predicted molar refractivity (Wildman–Crippen MR) is 109 cm³/mol. The molecule has 150 valence electrons. The fraction of sp³-hybridized carbons (Fsp3) is 0.381. The lowest BCUT2D eigenvalue weighted by molar-refractivity contribution is -0.118. The molecule has 0 aromatic heterocycles. The maximum atomic E-state index is 12.4. The number of ether oxygens (including phenoxy) is 1. The highest BCUT2D eigenvalue weighted by Gasteiger charge is 2.22. The van der Waals surface area contributed by atoms with Gasteiger partial charge in [0.15, 0.2) is 6.61 Å².